The third-order valence-electron chi connectivity index (χ3n) is 9.68. The largest absolute Gasteiger partial charge is 0.497 e. The maximum absolute atomic E-state index is 9.81. The highest BCUT2D eigenvalue weighted by Crippen LogP contribution is 2.33. The first kappa shape index (κ1) is 33.8. The van der Waals surface area contributed by atoms with Crippen LogP contribution in [-0.2, 0) is 24.1 Å². The Balaban J connectivity index is 0.992. The summed E-state index contributed by atoms with van der Waals surface area (Å²) >= 11 is 6.64. The zero-order valence-corrected chi connectivity index (χ0v) is 28.5. The van der Waals surface area contributed by atoms with Crippen molar-refractivity contribution < 1.29 is 9.47 Å². The molecule has 11 nitrogen and oxygen atoms in total. The molecule has 1 saturated carbocycles. The normalized spacial score (nSPS) is 19.7. The number of anilines is 1. The van der Waals surface area contributed by atoms with Crippen molar-refractivity contribution in [1.82, 2.24) is 35.5 Å². The molecule has 1 unspecified atom stereocenters. The molecule has 3 aromatic heterocycles. The van der Waals surface area contributed by atoms with Gasteiger partial charge < -0.3 is 20.1 Å². The zero-order chi connectivity index (χ0) is 33.3. The lowest BCUT2D eigenvalue weighted by atomic mass is 9.82. The van der Waals surface area contributed by atoms with Crippen LogP contribution in [0.5, 0.6) is 5.75 Å². The molecule has 1 aliphatic carbocycles. The average molecular weight is 670 g/mol. The predicted octanol–water partition coefficient (Wildman–Crippen LogP) is 5.89. The van der Waals surface area contributed by atoms with Gasteiger partial charge in [0.15, 0.2) is 5.82 Å². The fraction of sp³-hybridized carbons (Fsp3) is 0.500. The lowest BCUT2D eigenvalue weighted by molar-refractivity contribution is 0.0455. The summed E-state index contributed by atoms with van der Waals surface area (Å²) in [6.45, 7) is 4.61. The number of nitriles is 1. The van der Waals surface area contributed by atoms with Crippen molar-refractivity contribution in [2.75, 3.05) is 32.2 Å². The number of hydrogen-bond donors (Lipinski definition) is 2. The molecule has 1 aromatic carbocycles. The van der Waals surface area contributed by atoms with Gasteiger partial charge in [-0.25, -0.2) is 9.67 Å². The van der Waals surface area contributed by atoms with Gasteiger partial charge in [0.05, 0.1) is 35.9 Å². The van der Waals surface area contributed by atoms with Crippen molar-refractivity contribution in [1.29, 1.82) is 5.26 Å². The van der Waals surface area contributed by atoms with E-state index in [0.29, 0.717) is 43.3 Å². The van der Waals surface area contributed by atoms with Crippen LogP contribution in [0.4, 0.5) is 5.82 Å². The molecule has 12 heteroatoms. The number of pyridine rings is 2. The predicted molar refractivity (Wildman–Crippen MR) is 185 cm³/mol. The Labute approximate surface area is 287 Å². The van der Waals surface area contributed by atoms with Gasteiger partial charge in [0.1, 0.15) is 11.6 Å². The number of methoxy groups -OCH3 is 1. The molecule has 2 aliphatic rings. The van der Waals surface area contributed by atoms with E-state index in [4.69, 9.17) is 26.1 Å². The molecule has 0 amide bonds. The van der Waals surface area contributed by atoms with E-state index >= 15 is 0 Å². The van der Waals surface area contributed by atoms with Gasteiger partial charge in [0.25, 0.3) is 0 Å². The quantitative estimate of drug-likeness (QED) is 0.177. The molecule has 4 heterocycles. The zero-order valence-electron chi connectivity index (χ0n) is 27.7. The molecule has 2 fully saturated rings. The van der Waals surface area contributed by atoms with Crippen molar-refractivity contribution in [3.05, 3.63) is 76.8 Å². The van der Waals surface area contributed by atoms with Crippen LogP contribution in [0.1, 0.15) is 62.5 Å². The summed E-state index contributed by atoms with van der Waals surface area (Å²) in [6.07, 6.45) is 9.40. The number of ether oxygens (including phenoxy) is 2. The Hall–Kier alpha value is -4.11. The number of nitrogens with zero attached hydrogens (tertiary/aromatic N) is 7. The first-order valence-corrected chi connectivity index (χ1v) is 17.3. The van der Waals surface area contributed by atoms with Crippen LogP contribution in [0.3, 0.4) is 0 Å². The summed E-state index contributed by atoms with van der Waals surface area (Å²) in [7, 11) is 1.67. The molecule has 0 bridgehead atoms. The van der Waals surface area contributed by atoms with Crippen LogP contribution >= 0.6 is 11.6 Å². The third-order valence-corrected chi connectivity index (χ3v) is 9.98. The maximum Gasteiger partial charge on any atom is 0.153 e. The molecule has 6 rings (SSSR count). The van der Waals surface area contributed by atoms with Crippen molar-refractivity contribution in [3.63, 3.8) is 0 Å². The molecular formula is C36H44ClN9O2. The van der Waals surface area contributed by atoms with Crippen LogP contribution in [0.15, 0.2) is 54.7 Å². The van der Waals surface area contributed by atoms with Gasteiger partial charge in [-0.1, -0.05) is 29.8 Å². The molecule has 0 radical (unpaired) electrons. The van der Waals surface area contributed by atoms with E-state index in [-0.39, 0.29) is 6.04 Å². The minimum Gasteiger partial charge on any atom is -0.497 e. The summed E-state index contributed by atoms with van der Waals surface area (Å²) in [5.41, 5.74) is 3.41. The molecular weight excluding hydrogens is 626 g/mol. The number of nitrogens with one attached hydrogen (secondary N) is 2. The van der Waals surface area contributed by atoms with Crippen LogP contribution in [0, 0.1) is 22.7 Å². The van der Waals surface area contributed by atoms with E-state index in [1.165, 1.54) is 0 Å². The van der Waals surface area contributed by atoms with Crippen LogP contribution in [0.25, 0.3) is 11.3 Å². The monoisotopic (exact) mass is 669 g/mol. The lowest BCUT2D eigenvalue weighted by Crippen LogP contribution is -2.40. The summed E-state index contributed by atoms with van der Waals surface area (Å²) in [5, 5.41) is 30.1. The van der Waals surface area contributed by atoms with E-state index in [2.05, 4.69) is 50.2 Å². The number of tetrazole rings is 1. The lowest BCUT2D eigenvalue weighted by Gasteiger charge is -2.31. The van der Waals surface area contributed by atoms with Crippen LogP contribution in [0.2, 0.25) is 5.02 Å². The first-order chi connectivity index (χ1) is 23.4. The van der Waals surface area contributed by atoms with E-state index in [1.54, 1.807) is 13.3 Å². The van der Waals surface area contributed by atoms with Gasteiger partial charge >= 0.3 is 0 Å². The van der Waals surface area contributed by atoms with Gasteiger partial charge in [-0.2, -0.15) is 5.26 Å². The Morgan fingerprint density at radius 2 is 1.92 bits per heavy atom. The topological polar surface area (TPSA) is 136 Å². The molecule has 2 N–H and O–H groups in total. The molecule has 1 aliphatic heterocycles. The smallest absolute Gasteiger partial charge is 0.153 e. The summed E-state index contributed by atoms with van der Waals surface area (Å²) < 4.78 is 12.6. The number of hydrogen-bond acceptors (Lipinski definition) is 10. The van der Waals surface area contributed by atoms with E-state index in [9.17, 15) is 5.26 Å². The second kappa shape index (κ2) is 15.9. The van der Waals surface area contributed by atoms with Gasteiger partial charge in [-0.15, -0.1) is 5.10 Å². The molecule has 0 spiro atoms. The minimum atomic E-state index is -0.430. The van der Waals surface area contributed by atoms with Gasteiger partial charge in [-0.05, 0) is 104 Å². The van der Waals surface area contributed by atoms with Crippen molar-refractivity contribution in [3.8, 4) is 23.1 Å². The standard InChI is InChI=1S/C36H44ClN9O2/c1-25(18-35-43-44-45-46(35)22-27-8-12-30(47-2)13-9-27)41-28-10-6-26(7-11-28)19-29-20-31(32(37)21-39-29)33-4-3-5-34(42-33)40-24-36(23-38)14-16-48-17-15-36/h3-5,8-9,12-13,20-21,25-26,28,41H,6-7,10-11,14-19,22,24H2,1-2H3,(H,40,42). The van der Waals surface area contributed by atoms with E-state index in [1.807, 2.05) is 47.1 Å². The SMILES string of the molecule is COc1ccc(Cn2nnnc2CC(C)NC2CCC(Cc3cc(-c4cccc(NCC5(C#N)CCOCC5)n4)c(Cl)cn3)CC2)cc1. The van der Waals surface area contributed by atoms with Gasteiger partial charge in [0.2, 0.25) is 0 Å². The second-order valence-electron chi connectivity index (χ2n) is 13.2. The number of benzene rings is 1. The second-order valence-corrected chi connectivity index (χ2v) is 13.6. The summed E-state index contributed by atoms with van der Waals surface area (Å²) in [5.74, 6) is 3.02. The van der Waals surface area contributed by atoms with Crippen molar-refractivity contribution >= 4 is 17.4 Å². The van der Waals surface area contributed by atoms with Gasteiger partial charge in [0, 0.05) is 55.7 Å². The van der Waals surface area contributed by atoms with Crippen molar-refractivity contribution in [2.24, 2.45) is 11.3 Å². The number of halogens is 1. The van der Waals surface area contributed by atoms with Crippen LogP contribution in [-0.4, -0.2) is 69.1 Å². The highest BCUT2D eigenvalue weighted by atomic mass is 35.5. The molecule has 1 atom stereocenters. The average Bonchev–Trinajstić information content (AvgIpc) is 3.55. The Morgan fingerprint density at radius 3 is 2.67 bits per heavy atom. The maximum atomic E-state index is 9.81. The highest BCUT2D eigenvalue weighted by molar-refractivity contribution is 6.33. The fourth-order valence-electron chi connectivity index (χ4n) is 6.78. The van der Waals surface area contributed by atoms with Crippen molar-refractivity contribution in [2.45, 2.75) is 76.9 Å². The van der Waals surface area contributed by atoms with E-state index < -0.39 is 5.41 Å². The van der Waals surface area contributed by atoms with Gasteiger partial charge in [-0.3, -0.25) is 4.98 Å². The Morgan fingerprint density at radius 1 is 1.12 bits per heavy atom. The third kappa shape index (κ3) is 8.67. The number of rotatable bonds is 13. The summed E-state index contributed by atoms with van der Waals surface area (Å²) in [6, 6.07) is 19.2. The fourth-order valence-corrected chi connectivity index (χ4v) is 6.98. The minimum absolute atomic E-state index is 0.257. The Bertz CT molecular complexity index is 1680. The van der Waals surface area contributed by atoms with E-state index in [0.717, 1.165) is 91.3 Å². The first-order valence-electron chi connectivity index (χ1n) is 16.9. The molecule has 252 valence electrons. The Kier molecular flexibility index (Phi) is 11.2. The number of aromatic nitrogens is 6. The summed E-state index contributed by atoms with van der Waals surface area (Å²) in [4.78, 5) is 9.54. The molecule has 48 heavy (non-hydrogen) atoms. The van der Waals surface area contributed by atoms with Crippen LogP contribution < -0.4 is 15.4 Å². The molecule has 4 aromatic rings. The highest BCUT2D eigenvalue weighted by Gasteiger charge is 2.32. The molecule has 1 saturated heterocycles.